The van der Waals surface area contributed by atoms with Gasteiger partial charge in [-0.15, -0.1) is 0 Å². The summed E-state index contributed by atoms with van der Waals surface area (Å²) in [6.07, 6.45) is 5.22. The van der Waals surface area contributed by atoms with Crippen LogP contribution in [0.3, 0.4) is 0 Å². The van der Waals surface area contributed by atoms with E-state index in [2.05, 4.69) is 13.0 Å². The van der Waals surface area contributed by atoms with Gasteiger partial charge in [-0.2, -0.15) is 0 Å². The molecule has 0 amide bonds. The minimum absolute atomic E-state index is 0.337. The standard InChI is InChI=1S/C23H26ClNO3/c1-15-11-19(16-7-6-8-17(12-16)26-2)21(24)13-18(15)20-14-27-28-23(22(20)25)9-4-3-5-10-23/h6-8,11-13H,3-5,9-10,14,25H2,1-2H3. The molecule has 1 aliphatic carbocycles. The zero-order chi connectivity index (χ0) is 19.7. The molecule has 0 aromatic heterocycles. The van der Waals surface area contributed by atoms with Crippen molar-refractivity contribution < 1.29 is 14.5 Å². The van der Waals surface area contributed by atoms with Gasteiger partial charge < -0.3 is 10.5 Å². The van der Waals surface area contributed by atoms with Crippen LogP contribution in [0, 0.1) is 6.92 Å². The normalized spacial score (nSPS) is 19.1. The summed E-state index contributed by atoms with van der Waals surface area (Å²) in [6, 6.07) is 12.0. The lowest BCUT2D eigenvalue weighted by molar-refractivity contribution is -0.356. The van der Waals surface area contributed by atoms with Crippen LogP contribution in [0.25, 0.3) is 16.7 Å². The molecule has 1 saturated carbocycles. The highest BCUT2D eigenvalue weighted by Crippen LogP contribution is 2.43. The molecule has 2 N–H and O–H groups in total. The van der Waals surface area contributed by atoms with Gasteiger partial charge in [0.2, 0.25) is 0 Å². The Morgan fingerprint density at radius 2 is 1.86 bits per heavy atom. The van der Waals surface area contributed by atoms with Gasteiger partial charge >= 0.3 is 0 Å². The highest BCUT2D eigenvalue weighted by Gasteiger charge is 2.41. The minimum Gasteiger partial charge on any atom is -0.497 e. The first-order valence-corrected chi connectivity index (χ1v) is 10.2. The van der Waals surface area contributed by atoms with E-state index in [0.29, 0.717) is 11.6 Å². The largest absolute Gasteiger partial charge is 0.497 e. The lowest BCUT2D eigenvalue weighted by Crippen LogP contribution is -2.44. The predicted molar refractivity (Wildman–Crippen MR) is 112 cm³/mol. The molecule has 2 aromatic rings. The van der Waals surface area contributed by atoms with E-state index in [9.17, 15) is 0 Å². The van der Waals surface area contributed by atoms with Crippen LogP contribution in [0.2, 0.25) is 5.02 Å². The summed E-state index contributed by atoms with van der Waals surface area (Å²) >= 11 is 6.70. The molecule has 1 heterocycles. The molecule has 4 rings (SSSR count). The van der Waals surface area contributed by atoms with E-state index >= 15 is 0 Å². The van der Waals surface area contributed by atoms with Crippen molar-refractivity contribution in [2.45, 2.75) is 44.6 Å². The van der Waals surface area contributed by atoms with Crippen LogP contribution < -0.4 is 10.5 Å². The monoisotopic (exact) mass is 399 g/mol. The van der Waals surface area contributed by atoms with E-state index < -0.39 is 5.60 Å². The highest BCUT2D eigenvalue weighted by atomic mass is 35.5. The van der Waals surface area contributed by atoms with Gasteiger partial charge in [-0.3, -0.25) is 0 Å². The predicted octanol–water partition coefficient (Wildman–Crippen LogP) is 5.66. The van der Waals surface area contributed by atoms with Crippen LogP contribution >= 0.6 is 11.6 Å². The fraction of sp³-hybridized carbons (Fsp3) is 0.391. The van der Waals surface area contributed by atoms with E-state index in [0.717, 1.165) is 65.0 Å². The molecule has 2 aliphatic rings. The Bertz CT molecular complexity index is 916. The second kappa shape index (κ2) is 7.78. The van der Waals surface area contributed by atoms with Crippen molar-refractivity contribution in [3.05, 3.63) is 58.2 Å². The van der Waals surface area contributed by atoms with E-state index in [4.69, 9.17) is 31.8 Å². The third-order valence-electron chi connectivity index (χ3n) is 5.92. The first-order valence-electron chi connectivity index (χ1n) is 9.79. The smallest absolute Gasteiger partial charge is 0.143 e. The summed E-state index contributed by atoms with van der Waals surface area (Å²) in [4.78, 5) is 11.3. The fourth-order valence-electron chi connectivity index (χ4n) is 4.32. The molecular formula is C23H26ClNO3. The summed E-state index contributed by atoms with van der Waals surface area (Å²) < 4.78 is 5.35. The zero-order valence-electron chi connectivity index (χ0n) is 16.4. The number of hydrogen-bond acceptors (Lipinski definition) is 4. The SMILES string of the molecule is COc1cccc(-c2cc(C)c(C3=C(N)C4(CCCCC4)OOC3)cc2Cl)c1. The molecule has 28 heavy (non-hydrogen) atoms. The van der Waals surface area contributed by atoms with E-state index in [1.165, 1.54) is 6.42 Å². The molecule has 1 aliphatic heterocycles. The minimum atomic E-state index is -0.490. The molecule has 0 atom stereocenters. The van der Waals surface area contributed by atoms with Crippen molar-refractivity contribution in [3.63, 3.8) is 0 Å². The summed E-state index contributed by atoms with van der Waals surface area (Å²) in [6.45, 7) is 2.42. The van der Waals surface area contributed by atoms with Crippen molar-refractivity contribution in [2.75, 3.05) is 13.7 Å². The van der Waals surface area contributed by atoms with Crippen LogP contribution in [0.5, 0.6) is 5.75 Å². The average Bonchev–Trinajstić information content (AvgIpc) is 2.72. The summed E-state index contributed by atoms with van der Waals surface area (Å²) in [5, 5.41) is 0.679. The molecule has 0 unspecified atom stereocenters. The van der Waals surface area contributed by atoms with Gasteiger partial charge in [0.05, 0.1) is 12.8 Å². The van der Waals surface area contributed by atoms with E-state index in [1.807, 2.05) is 30.3 Å². The van der Waals surface area contributed by atoms with E-state index in [-0.39, 0.29) is 0 Å². The topological polar surface area (TPSA) is 53.7 Å². The Morgan fingerprint density at radius 1 is 1.07 bits per heavy atom. The Kier molecular flexibility index (Phi) is 5.37. The fourth-order valence-corrected chi connectivity index (χ4v) is 4.59. The van der Waals surface area contributed by atoms with Crippen molar-refractivity contribution in [2.24, 2.45) is 5.73 Å². The third kappa shape index (κ3) is 3.41. The Balaban J connectivity index is 1.76. The number of rotatable bonds is 3. The van der Waals surface area contributed by atoms with Gasteiger partial charge in [-0.1, -0.05) is 43.0 Å². The molecule has 1 spiro atoms. The van der Waals surface area contributed by atoms with Gasteiger partial charge in [-0.05, 0) is 60.7 Å². The van der Waals surface area contributed by atoms with Crippen molar-refractivity contribution in [1.82, 2.24) is 0 Å². The quantitative estimate of drug-likeness (QED) is 0.676. The number of methoxy groups -OCH3 is 1. The Hall–Kier alpha value is -2.01. The van der Waals surface area contributed by atoms with Gasteiger partial charge in [-0.25, -0.2) is 9.78 Å². The molecule has 0 radical (unpaired) electrons. The molecule has 4 nitrogen and oxygen atoms in total. The van der Waals surface area contributed by atoms with Crippen molar-refractivity contribution in [1.29, 1.82) is 0 Å². The molecular weight excluding hydrogens is 374 g/mol. The molecule has 148 valence electrons. The molecule has 5 heteroatoms. The molecule has 1 fully saturated rings. The van der Waals surface area contributed by atoms with Crippen LogP contribution in [-0.4, -0.2) is 19.3 Å². The number of ether oxygens (including phenoxy) is 1. The summed E-state index contributed by atoms with van der Waals surface area (Å²) in [5.74, 6) is 0.805. The second-order valence-corrected chi connectivity index (χ2v) is 8.08. The van der Waals surface area contributed by atoms with Crippen LogP contribution in [0.15, 0.2) is 42.1 Å². The molecule has 2 aromatic carbocycles. The number of aryl methyl sites for hydroxylation is 1. The Labute approximate surface area is 171 Å². The first-order chi connectivity index (χ1) is 13.5. The average molecular weight is 400 g/mol. The number of nitrogens with two attached hydrogens (primary N) is 1. The van der Waals surface area contributed by atoms with Crippen LogP contribution in [0.1, 0.15) is 43.2 Å². The van der Waals surface area contributed by atoms with Gasteiger partial charge in [0.1, 0.15) is 18.0 Å². The third-order valence-corrected chi connectivity index (χ3v) is 6.23. The summed E-state index contributed by atoms with van der Waals surface area (Å²) in [7, 11) is 1.66. The van der Waals surface area contributed by atoms with Crippen molar-refractivity contribution in [3.8, 4) is 16.9 Å². The van der Waals surface area contributed by atoms with Gasteiger partial charge in [0, 0.05) is 16.2 Å². The van der Waals surface area contributed by atoms with Crippen LogP contribution in [0.4, 0.5) is 0 Å². The maximum atomic E-state index is 6.70. The first kappa shape index (κ1) is 19.3. The van der Waals surface area contributed by atoms with Gasteiger partial charge in [0.25, 0.3) is 0 Å². The number of benzene rings is 2. The van der Waals surface area contributed by atoms with Gasteiger partial charge in [0.15, 0.2) is 0 Å². The molecule has 0 bridgehead atoms. The summed E-state index contributed by atoms with van der Waals surface area (Å²) in [5.41, 5.74) is 12.1. The maximum absolute atomic E-state index is 6.70. The Morgan fingerprint density at radius 3 is 2.61 bits per heavy atom. The number of halogens is 1. The number of hydrogen-bond donors (Lipinski definition) is 1. The maximum Gasteiger partial charge on any atom is 0.143 e. The lowest BCUT2D eigenvalue weighted by atomic mass is 9.79. The lowest BCUT2D eigenvalue weighted by Gasteiger charge is -2.40. The van der Waals surface area contributed by atoms with Crippen LogP contribution in [-0.2, 0) is 9.78 Å². The van der Waals surface area contributed by atoms with E-state index in [1.54, 1.807) is 7.11 Å². The van der Waals surface area contributed by atoms with Crippen molar-refractivity contribution >= 4 is 17.2 Å². The zero-order valence-corrected chi connectivity index (χ0v) is 17.1. The second-order valence-electron chi connectivity index (χ2n) is 7.67. The molecule has 0 saturated heterocycles. The highest BCUT2D eigenvalue weighted by molar-refractivity contribution is 6.33.